The third-order valence-electron chi connectivity index (χ3n) is 5.63. The summed E-state index contributed by atoms with van der Waals surface area (Å²) in [7, 11) is 1.61. The molecule has 29 heavy (non-hydrogen) atoms. The minimum Gasteiger partial charge on any atom is -0.497 e. The Morgan fingerprint density at radius 3 is 3.07 bits per heavy atom. The topological polar surface area (TPSA) is 76.6 Å². The van der Waals surface area contributed by atoms with E-state index in [1.54, 1.807) is 20.1 Å². The standard InChI is InChI=1S/C22H28N4O3/c1-15(29-19-7-3-6-18(11-19)28-2)22(27)26-10-4-5-16(14-26)21-24-13-17-12-23-9-8-20(17)25-21/h3,6-7,11,13,15-16,23H,4-5,8-10,12,14H2,1-2H3/t15-,16+/m0/s1. The Labute approximate surface area is 171 Å². The first-order valence-electron chi connectivity index (χ1n) is 10.3. The average Bonchev–Trinajstić information content (AvgIpc) is 2.78. The summed E-state index contributed by atoms with van der Waals surface area (Å²) < 4.78 is 11.1. The van der Waals surface area contributed by atoms with Crippen molar-refractivity contribution in [2.24, 2.45) is 0 Å². The predicted molar refractivity (Wildman–Crippen MR) is 109 cm³/mol. The van der Waals surface area contributed by atoms with E-state index in [0.717, 1.165) is 50.4 Å². The summed E-state index contributed by atoms with van der Waals surface area (Å²) in [5.41, 5.74) is 2.33. The Morgan fingerprint density at radius 2 is 2.21 bits per heavy atom. The fraction of sp³-hybridized carbons (Fsp3) is 0.500. The van der Waals surface area contributed by atoms with Crippen LogP contribution in [0.5, 0.6) is 11.5 Å². The van der Waals surface area contributed by atoms with E-state index in [1.807, 2.05) is 29.3 Å². The first kappa shape index (κ1) is 19.6. The van der Waals surface area contributed by atoms with E-state index < -0.39 is 6.10 Å². The Bertz CT molecular complexity index is 873. The molecule has 0 spiro atoms. The summed E-state index contributed by atoms with van der Waals surface area (Å²) in [6.45, 7) is 4.98. The number of carbonyl (C=O) groups excluding carboxylic acids is 1. The molecule has 1 aromatic carbocycles. The number of carbonyl (C=O) groups is 1. The van der Waals surface area contributed by atoms with Gasteiger partial charge in [0.25, 0.3) is 5.91 Å². The van der Waals surface area contributed by atoms with Gasteiger partial charge in [-0.05, 0) is 31.9 Å². The number of amides is 1. The number of hydrogen-bond donors (Lipinski definition) is 1. The van der Waals surface area contributed by atoms with Gasteiger partial charge in [0.05, 0.1) is 7.11 Å². The van der Waals surface area contributed by atoms with Crippen LogP contribution in [0.15, 0.2) is 30.5 Å². The Hall–Kier alpha value is -2.67. The molecule has 0 bridgehead atoms. The summed E-state index contributed by atoms with van der Waals surface area (Å²) in [6, 6.07) is 7.33. The zero-order valence-corrected chi connectivity index (χ0v) is 17.1. The lowest BCUT2D eigenvalue weighted by atomic mass is 9.96. The second-order valence-corrected chi connectivity index (χ2v) is 7.69. The third kappa shape index (κ3) is 4.50. The molecule has 1 saturated heterocycles. The van der Waals surface area contributed by atoms with Crippen LogP contribution >= 0.6 is 0 Å². The monoisotopic (exact) mass is 396 g/mol. The second kappa shape index (κ2) is 8.78. The summed E-state index contributed by atoms with van der Waals surface area (Å²) in [5, 5.41) is 3.35. The predicted octanol–water partition coefficient (Wildman–Crippen LogP) is 2.30. The van der Waals surface area contributed by atoms with Gasteiger partial charge in [-0.15, -0.1) is 0 Å². The number of ether oxygens (including phenoxy) is 2. The highest BCUT2D eigenvalue weighted by molar-refractivity contribution is 5.81. The van der Waals surface area contributed by atoms with Gasteiger partial charge in [0, 0.05) is 62.0 Å². The van der Waals surface area contributed by atoms with E-state index in [4.69, 9.17) is 14.5 Å². The zero-order valence-electron chi connectivity index (χ0n) is 17.1. The number of piperidine rings is 1. The zero-order chi connectivity index (χ0) is 20.2. The number of fused-ring (bicyclic) bond motifs is 1. The molecule has 2 atom stereocenters. The molecule has 0 radical (unpaired) electrons. The Kier molecular flexibility index (Phi) is 5.94. The van der Waals surface area contributed by atoms with E-state index in [9.17, 15) is 4.79 Å². The molecule has 1 fully saturated rings. The molecule has 0 aliphatic carbocycles. The van der Waals surface area contributed by atoms with Crippen molar-refractivity contribution in [2.45, 2.75) is 44.8 Å². The minimum absolute atomic E-state index is 0.000296. The maximum atomic E-state index is 13.0. The molecule has 4 rings (SSSR count). The first-order valence-corrected chi connectivity index (χ1v) is 10.3. The number of hydrogen-bond acceptors (Lipinski definition) is 6. The molecule has 0 unspecified atom stereocenters. The van der Waals surface area contributed by atoms with Crippen molar-refractivity contribution in [1.29, 1.82) is 0 Å². The van der Waals surface area contributed by atoms with Crippen molar-refractivity contribution in [3.05, 3.63) is 47.5 Å². The molecule has 1 N–H and O–H groups in total. The van der Waals surface area contributed by atoms with E-state index in [-0.39, 0.29) is 11.8 Å². The van der Waals surface area contributed by atoms with Gasteiger partial charge in [0.2, 0.25) is 0 Å². The first-order chi connectivity index (χ1) is 14.1. The fourth-order valence-corrected chi connectivity index (χ4v) is 4.02. The highest BCUT2D eigenvalue weighted by atomic mass is 16.5. The highest BCUT2D eigenvalue weighted by Crippen LogP contribution is 2.27. The summed E-state index contributed by atoms with van der Waals surface area (Å²) in [4.78, 5) is 24.3. The minimum atomic E-state index is -0.559. The Balaban J connectivity index is 1.41. The maximum absolute atomic E-state index is 13.0. The molecule has 1 aromatic heterocycles. The van der Waals surface area contributed by atoms with Crippen molar-refractivity contribution >= 4 is 5.91 Å². The molecule has 2 aliphatic heterocycles. The number of aromatic nitrogens is 2. The molecule has 3 heterocycles. The lowest BCUT2D eigenvalue weighted by Crippen LogP contribution is -2.45. The van der Waals surface area contributed by atoms with Gasteiger partial charge >= 0.3 is 0 Å². The van der Waals surface area contributed by atoms with Crippen LogP contribution in [0.25, 0.3) is 0 Å². The van der Waals surface area contributed by atoms with Crippen LogP contribution in [-0.2, 0) is 17.8 Å². The van der Waals surface area contributed by atoms with Crippen molar-refractivity contribution in [3.63, 3.8) is 0 Å². The molecule has 7 nitrogen and oxygen atoms in total. The number of nitrogens with zero attached hydrogens (tertiary/aromatic N) is 3. The lowest BCUT2D eigenvalue weighted by molar-refractivity contribution is -0.139. The summed E-state index contributed by atoms with van der Waals surface area (Å²) >= 11 is 0. The van der Waals surface area contributed by atoms with E-state index in [0.29, 0.717) is 18.0 Å². The van der Waals surface area contributed by atoms with Gasteiger partial charge in [0.15, 0.2) is 6.10 Å². The van der Waals surface area contributed by atoms with Crippen LogP contribution < -0.4 is 14.8 Å². The van der Waals surface area contributed by atoms with Gasteiger partial charge in [-0.1, -0.05) is 6.07 Å². The molecular weight excluding hydrogens is 368 g/mol. The van der Waals surface area contributed by atoms with Gasteiger partial charge in [-0.2, -0.15) is 0 Å². The van der Waals surface area contributed by atoms with Crippen LogP contribution in [0, 0.1) is 0 Å². The SMILES string of the molecule is COc1cccc(O[C@@H](C)C(=O)N2CCC[C@@H](c3ncc4c(n3)CCNC4)C2)c1. The van der Waals surface area contributed by atoms with Gasteiger partial charge in [-0.3, -0.25) is 4.79 Å². The Morgan fingerprint density at radius 1 is 1.34 bits per heavy atom. The van der Waals surface area contributed by atoms with E-state index >= 15 is 0 Å². The van der Waals surface area contributed by atoms with Crippen LogP contribution in [0.3, 0.4) is 0 Å². The van der Waals surface area contributed by atoms with Gasteiger partial charge in [-0.25, -0.2) is 9.97 Å². The third-order valence-corrected chi connectivity index (χ3v) is 5.63. The number of nitrogens with one attached hydrogen (secondary N) is 1. The molecule has 154 valence electrons. The van der Waals surface area contributed by atoms with Gasteiger partial charge in [0.1, 0.15) is 17.3 Å². The largest absolute Gasteiger partial charge is 0.497 e. The molecular formula is C22H28N4O3. The van der Waals surface area contributed by atoms with Crippen molar-refractivity contribution < 1.29 is 14.3 Å². The molecule has 7 heteroatoms. The quantitative estimate of drug-likeness (QED) is 0.836. The van der Waals surface area contributed by atoms with Crippen molar-refractivity contribution in [2.75, 3.05) is 26.7 Å². The number of methoxy groups -OCH3 is 1. The number of benzene rings is 1. The maximum Gasteiger partial charge on any atom is 0.263 e. The van der Waals surface area contributed by atoms with Crippen LogP contribution in [0.1, 0.15) is 42.8 Å². The smallest absolute Gasteiger partial charge is 0.263 e. The van der Waals surface area contributed by atoms with Gasteiger partial charge < -0.3 is 19.7 Å². The summed E-state index contributed by atoms with van der Waals surface area (Å²) in [6.07, 6.45) is 4.28. The van der Waals surface area contributed by atoms with Crippen LogP contribution in [0.4, 0.5) is 0 Å². The van der Waals surface area contributed by atoms with Crippen LogP contribution in [-0.4, -0.2) is 53.6 Å². The fourth-order valence-electron chi connectivity index (χ4n) is 4.02. The normalized spacial score (nSPS) is 19.9. The van der Waals surface area contributed by atoms with Crippen molar-refractivity contribution in [3.8, 4) is 11.5 Å². The molecule has 0 saturated carbocycles. The molecule has 1 amide bonds. The van der Waals surface area contributed by atoms with E-state index in [2.05, 4.69) is 10.3 Å². The number of likely N-dealkylation sites (tertiary alicyclic amines) is 1. The highest BCUT2D eigenvalue weighted by Gasteiger charge is 2.30. The lowest BCUT2D eigenvalue weighted by Gasteiger charge is -2.34. The summed E-state index contributed by atoms with van der Waals surface area (Å²) in [5.74, 6) is 2.38. The average molecular weight is 396 g/mol. The molecule has 2 aromatic rings. The van der Waals surface area contributed by atoms with E-state index in [1.165, 1.54) is 5.56 Å². The second-order valence-electron chi connectivity index (χ2n) is 7.69. The number of rotatable bonds is 5. The molecule has 2 aliphatic rings. The van der Waals surface area contributed by atoms with Crippen molar-refractivity contribution in [1.82, 2.24) is 20.2 Å². The van der Waals surface area contributed by atoms with Crippen LogP contribution in [0.2, 0.25) is 0 Å².